The zero-order valence-electron chi connectivity index (χ0n) is 13.4. The second-order valence-corrected chi connectivity index (χ2v) is 6.07. The molecular formula is C17H27N3O. The van der Waals surface area contributed by atoms with Gasteiger partial charge in [-0.3, -0.25) is 4.79 Å². The highest BCUT2D eigenvalue weighted by atomic mass is 16.1. The normalized spacial score (nSPS) is 21.9. The predicted molar refractivity (Wildman–Crippen MR) is 86.6 cm³/mol. The maximum Gasteiger partial charge on any atom is 0.251 e. The van der Waals surface area contributed by atoms with Crippen molar-refractivity contribution < 1.29 is 4.79 Å². The minimum atomic E-state index is 0.0152. The zero-order chi connectivity index (χ0) is 15.2. The molecule has 4 nitrogen and oxygen atoms in total. The number of nitrogens with one attached hydrogen (secondary N) is 2. The standard InChI is InChI=1S/C17H27N3O/c1-4-15-9-14(10-16(18-3)20-15)17(21)19-11-13-8-6-5-7-12(13)2/h9-10,12-13H,4-8,11H2,1-3H3,(H,18,20)(H,19,21). The number of anilines is 1. The summed E-state index contributed by atoms with van der Waals surface area (Å²) < 4.78 is 0. The summed E-state index contributed by atoms with van der Waals surface area (Å²) in [5.41, 5.74) is 1.65. The number of carbonyl (C=O) groups excluding carboxylic acids is 1. The Morgan fingerprint density at radius 2 is 2.10 bits per heavy atom. The van der Waals surface area contributed by atoms with Crippen molar-refractivity contribution in [3.63, 3.8) is 0 Å². The van der Waals surface area contributed by atoms with Gasteiger partial charge in [0.2, 0.25) is 0 Å². The van der Waals surface area contributed by atoms with E-state index < -0.39 is 0 Å². The van der Waals surface area contributed by atoms with Crippen LogP contribution in [0, 0.1) is 11.8 Å². The molecule has 21 heavy (non-hydrogen) atoms. The van der Waals surface area contributed by atoms with Crippen molar-refractivity contribution in [1.82, 2.24) is 10.3 Å². The zero-order valence-corrected chi connectivity index (χ0v) is 13.4. The minimum absolute atomic E-state index is 0.0152. The highest BCUT2D eigenvalue weighted by molar-refractivity contribution is 5.95. The van der Waals surface area contributed by atoms with Gasteiger partial charge in [0, 0.05) is 24.8 Å². The lowest BCUT2D eigenvalue weighted by Crippen LogP contribution is -2.33. The molecule has 1 fully saturated rings. The van der Waals surface area contributed by atoms with Crippen molar-refractivity contribution in [2.75, 3.05) is 18.9 Å². The molecule has 0 spiro atoms. The Morgan fingerprint density at radius 1 is 1.33 bits per heavy atom. The molecule has 116 valence electrons. The van der Waals surface area contributed by atoms with E-state index in [-0.39, 0.29) is 5.91 Å². The second-order valence-electron chi connectivity index (χ2n) is 6.07. The second kappa shape index (κ2) is 7.43. The van der Waals surface area contributed by atoms with Crippen molar-refractivity contribution in [2.24, 2.45) is 11.8 Å². The van der Waals surface area contributed by atoms with Crippen LogP contribution in [-0.2, 0) is 6.42 Å². The first-order valence-electron chi connectivity index (χ1n) is 8.11. The highest BCUT2D eigenvalue weighted by Crippen LogP contribution is 2.28. The maximum atomic E-state index is 12.4. The Hall–Kier alpha value is -1.58. The Bertz CT molecular complexity index is 465. The summed E-state index contributed by atoms with van der Waals surface area (Å²) in [4.78, 5) is 16.8. The Labute approximate surface area is 127 Å². The molecule has 1 heterocycles. The molecule has 2 atom stereocenters. The number of pyridine rings is 1. The van der Waals surface area contributed by atoms with Crippen LogP contribution in [0.4, 0.5) is 5.82 Å². The fraction of sp³-hybridized carbons (Fsp3) is 0.647. The number of carbonyl (C=O) groups is 1. The third kappa shape index (κ3) is 4.19. The number of hydrogen-bond acceptors (Lipinski definition) is 3. The van der Waals surface area contributed by atoms with Crippen LogP contribution in [0.25, 0.3) is 0 Å². The number of nitrogens with zero attached hydrogens (tertiary/aromatic N) is 1. The first-order valence-corrected chi connectivity index (χ1v) is 8.11. The van der Waals surface area contributed by atoms with Gasteiger partial charge in [0.05, 0.1) is 0 Å². The van der Waals surface area contributed by atoms with E-state index in [1.165, 1.54) is 25.7 Å². The van der Waals surface area contributed by atoms with Crippen molar-refractivity contribution in [2.45, 2.75) is 46.0 Å². The number of rotatable bonds is 5. The summed E-state index contributed by atoms with van der Waals surface area (Å²) in [6.45, 7) is 5.14. The van der Waals surface area contributed by atoms with Gasteiger partial charge >= 0.3 is 0 Å². The molecule has 4 heteroatoms. The van der Waals surface area contributed by atoms with Gasteiger partial charge in [0.1, 0.15) is 5.82 Å². The van der Waals surface area contributed by atoms with Gasteiger partial charge in [0.15, 0.2) is 0 Å². The van der Waals surface area contributed by atoms with Crippen LogP contribution in [0.15, 0.2) is 12.1 Å². The number of aromatic nitrogens is 1. The Morgan fingerprint density at radius 3 is 2.76 bits per heavy atom. The molecular weight excluding hydrogens is 262 g/mol. The van der Waals surface area contributed by atoms with Gasteiger partial charge in [-0.15, -0.1) is 0 Å². The lowest BCUT2D eigenvalue weighted by molar-refractivity contribution is 0.0936. The lowest BCUT2D eigenvalue weighted by Gasteiger charge is -2.28. The van der Waals surface area contributed by atoms with Gasteiger partial charge in [0.25, 0.3) is 5.91 Å². The Kier molecular flexibility index (Phi) is 5.59. The van der Waals surface area contributed by atoms with E-state index in [9.17, 15) is 4.79 Å². The summed E-state index contributed by atoms with van der Waals surface area (Å²) >= 11 is 0. The summed E-state index contributed by atoms with van der Waals surface area (Å²) in [7, 11) is 1.83. The van der Waals surface area contributed by atoms with Gasteiger partial charge in [-0.2, -0.15) is 0 Å². The minimum Gasteiger partial charge on any atom is -0.373 e. The summed E-state index contributed by atoms with van der Waals surface area (Å²) in [5, 5.41) is 6.13. The van der Waals surface area contributed by atoms with Gasteiger partial charge in [-0.1, -0.05) is 33.1 Å². The molecule has 0 radical (unpaired) electrons. The first-order chi connectivity index (χ1) is 10.1. The largest absolute Gasteiger partial charge is 0.373 e. The number of hydrogen-bond donors (Lipinski definition) is 2. The number of amides is 1. The van der Waals surface area contributed by atoms with Crippen LogP contribution in [0.3, 0.4) is 0 Å². The van der Waals surface area contributed by atoms with E-state index in [1.54, 1.807) is 0 Å². The van der Waals surface area contributed by atoms with Gasteiger partial charge in [-0.25, -0.2) is 4.98 Å². The average molecular weight is 289 g/mol. The van der Waals surface area contributed by atoms with Gasteiger partial charge in [-0.05, 0) is 36.8 Å². The van der Waals surface area contributed by atoms with Crippen molar-refractivity contribution >= 4 is 11.7 Å². The van der Waals surface area contributed by atoms with Crippen molar-refractivity contribution in [3.05, 3.63) is 23.4 Å². The van der Waals surface area contributed by atoms with E-state index in [0.29, 0.717) is 11.5 Å². The summed E-state index contributed by atoms with van der Waals surface area (Å²) in [6, 6.07) is 3.71. The average Bonchev–Trinajstić information content (AvgIpc) is 2.53. The van der Waals surface area contributed by atoms with E-state index >= 15 is 0 Å². The highest BCUT2D eigenvalue weighted by Gasteiger charge is 2.22. The van der Waals surface area contributed by atoms with Crippen LogP contribution in [0.5, 0.6) is 0 Å². The number of aryl methyl sites for hydroxylation is 1. The first kappa shape index (κ1) is 15.8. The SMILES string of the molecule is CCc1cc(C(=O)NCC2CCCCC2C)cc(NC)n1. The smallest absolute Gasteiger partial charge is 0.251 e. The lowest BCUT2D eigenvalue weighted by atomic mass is 9.80. The molecule has 1 aromatic heterocycles. The molecule has 2 rings (SSSR count). The molecule has 0 aliphatic heterocycles. The predicted octanol–water partition coefficient (Wildman–Crippen LogP) is 3.24. The third-order valence-electron chi connectivity index (χ3n) is 4.57. The van der Waals surface area contributed by atoms with Crippen molar-refractivity contribution in [3.8, 4) is 0 Å². The molecule has 0 bridgehead atoms. The van der Waals surface area contributed by atoms with E-state index in [0.717, 1.165) is 30.4 Å². The fourth-order valence-corrected chi connectivity index (χ4v) is 3.05. The molecule has 1 aromatic rings. The molecule has 1 aliphatic carbocycles. The topological polar surface area (TPSA) is 54.0 Å². The van der Waals surface area contributed by atoms with Crippen molar-refractivity contribution in [1.29, 1.82) is 0 Å². The third-order valence-corrected chi connectivity index (χ3v) is 4.57. The van der Waals surface area contributed by atoms with Crippen LogP contribution in [0.2, 0.25) is 0 Å². The van der Waals surface area contributed by atoms with Crippen LogP contribution in [-0.4, -0.2) is 24.5 Å². The monoisotopic (exact) mass is 289 g/mol. The molecule has 2 unspecified atom stereocenters. The van der Waals surface area contributed by atoms with Crippen LogP contribution >= 0.6 is 0 Å². The van der Waals surface area contributed by atoms with E-state index in [4.69, 9.17) is 0 Å². The quantitative estimate of drug-likeness (QED) is 0.875. The summed E-state index contributed by atoms with van der Waals surface area (Å²) in [6.07, 6.45) is 5.99. The van der Waals surface area contributed by atoms with E-state index in [2.05, 4.69) is 22.5 Å². The molecule has 1 saturated carbocycles. The van der Waals surface area contributed by atoms with Crippen LogP contribution in [0.1, 0.15) is 55.6 Å². The maximum absolute atomic E-state index is 12.4. The molecule has 0 saturated heterocycles. The molecule has 1 aliphatic rings. The summed E-state index contributed by atoms with van der Waals surface area (Å²) in [5.74, 6) is 2.11. The Balaban J connectivity index is 1.99. The molecule has 1 amide bonds. The van der Waals surface area contributed by atoms with Gasteiger partial charge < -0.3 is 10.6 Å². The fourth-order valence-electron chi connectivity index (χ4n) is 3.05. The van der Waals surface area contributed by atoms with Crippen LogP contribution < -0.4 is 10.6 Å². The molecule has 2 N–H and O–H groups in total. The molecule has 0 aromatic carbocycles. The van der Waals surface area contributed by atoms with E-state index in [1.807, 2.05) is 26.1 Å².